The SMILES string of the molecule is O=C(NC[C@@H]1CCCO1)[C@@H]1Cc2ccccc2C[NH2+]1. The normalized spacial score (nSPS) is 25.9. The first-order valence-electron chi connectivity index (χ1n) is 7.12. The van der Waals surface area contributed by atoms with E-state index in [1.54, 1.807) is 0 Å². The van der Waals surface area contributed by atoms with Crippen LogP contribution in [0.4, 0.5) is 0 Å². The smallest absolute Gasteiger partial charge is 0.278 e. The Morgan fingerprint density at radius 1 is 1.37 bits per heavy atom. The van der Waals surface area contributed by atoms with Crippen LogP contribution >= 0.6 is 0 Å². The molecule has 3 rings (SSSR count). The molecule has 2 aliphatic heterocycles. The lowest BCUT2D eigenvalue weighted by Crippen LogP contribution is -2.93. The Balaban J connectivity index is 1.54. The van der Waals surface area contributed by atoms with Crippen molar-refractivity contribution in [3.8, 4) is 0 Å². The van der Waals surface area contributed by atoms with E-state index in [1.165, 1.54) is 11.1 Å². The summed E-state index contributed by atoms with van der Waals surface area (Å²) < 4.78 is 5.52. The number of hydrogen-bond acceptors (Lipinski definition) is 2. The van der Waals surface area contributed by atoms with E-state index >= 15 is 0 Å². The van der Waals surface area contributed by atoms with Crippen molar-refractivity contribution < 1.29 is 14.8 Å². The van der Waals surface area contributed by atoms with Gasteiger partial charge in [0.05, 0.1) is 6.10 Å². The summed E-state index contributed by atoms with van der Waals surface area (Å²) in [5, 5.41) is 5.16. The fourth-order valence-electron chi connectivity index (χ4n) is 2.90. The van der Waals surface area contributed by atoms with Crippen molar-refractivity contribution in [3.05, 3.63) is 35.4 Å². The molecule has 0 aromatic heterocycles. The molecule has 0 saturated carbocycles. The highest BCUT2D eigenvalue weighted by molar-refractivity contribution is 5.80. The number of amides is 1. The molecule has 2 atom stereocenters. The fraction of sp³-hybridized carbons (Fsp3) is 0.533. The number of quaternary nitrogens is 1. The van der Waals surface area contributed by atoms with E-state index in [9.17, 15) is 4.79 Å². The van der Waals surface area contributed by atoms with Crippen LogP contribution in [0.1, 0.15) is 24.0 Å². The van der Waals surface area contributed by atoms with Gasteiger partial charge in [0.1, 0.15) is 6.54 Å². The van der Waals surface area contributed by atoms with Crippen LogP contribution in [0.2, 0.25) is 0 Å². The van der Waals surface area contributed by atoms with Crippen LogP contribution in [0.5, 0.6) is 0 Å². The van der Waals surface area contributed by atoms with Crippen molar-refractivity contribution in [2.24, 2.45) is 0 Å². The first kappa shape index (κ1) is 12.6. The van der Waals surface area contributed by atoms with Gasteiger partial charge in [0.25, 0.3) is 5.91 Å². The Kier molecular flexibility index (Phi) is 3.80. The molecule has 0 aliphatic carbocycles. The minimum atomic E-state index is 0.0105. The van der Waals surface area contributed by atoms with E-state index < -0.39 is 0 Å². The summed E-state index contributed by atoms with van der Waals surface area (Å²) in [5.41, 5.74) is 2.66. The Morgan fingerprint density at radius 2 is 2.21 bits per heavy atom. The molecule has 2 heterocycles. The molecule has 0 radical (unpaired) electrons. The number of carbonyl (C=O) groups is 1. The third-order valence-electron chi connectivity index (χ3n) is 4.05. The average Bonchev–Trinajstić information content (AvgIpc) is 2.97. The summed E-state index contributed by atoms with van der Waals surface area (Å²) in [6, 6.07) is 8.39. The summed E-state index contributed by atoms with van der Waals surface area (Å²) in [4.78, 5) is 12.2. The van der Waals surface area contributed by atoms with E-state index in [0.717, 1.165) is 32.4 Å². The fourth-order valence-corrected chi connectivity index (χ4v) is 2.90. The first-order valence-corrected chi connectivity index (χ1v) is 7.12. The van der Waals surface area contributed by atoms with Gasteiger partial charge in [-0.1, -0.05) is 24.3 Å². The standard InChI is InChI=1S/C15H20N2O2/c18-15(17-10-13-6-3-7-19-13)14-8-11-4-1-2-5-12(11)9-16-14/h1-2,4-5,13-14,16H,3,6-10H2,(H,17,18)/p+1/t13-,14-/m0/s1. The van der Waals surface area contributed by atoms with Crippen molar-refractivity contribution in [2.75, 3.05) is 13.2 Å². The molecule has 102 valence electrons. The second-order valence-electron chi connectivity index (χ2n) is 5.40. The van der Waals surface area contributed by atoms with Crippen LogP contribution in [0.15, 0.2) is 24.3 Å². The lowest BCUT2D eigenvalue weighted by Gasteiger charge is -2.22. The predicted octanol–water partition coefficient (Wildman–Crippen LogP) is -0.0301. The predicted molar refractivity (Wildman–Crippen MR) is 71.5 cm³/mol. The summed E-state index contributed by atoms with van der Waals surface area (Å²) in [6.45, 7) is 2.39. The van der Waals surface area contributed by atoms with Crippen molar-refractivity contribution >= 4 is 5.91 Å². The van der Waals surface area contributed by atoms with E-state index in [0.29, 0.717) is 6.54 Å². The molecular weight excluding hydrogens is 240 g/mol. The summed E-state index contributed by atoms with van der Waals surface area (Å²) in [5.74, 6) is 0.144. The number of rotatable bonds is 3. The van der Waals surface area contributed by atoms with Crippen LogP contribution in [0.3, 0.4) is 0 Å². The Morgan fingerprint density at radius 3 is 3.00 bits per heavy atom. The maximum atomic E-state index is 12.2. The molecule has 1 aromatic carbocycles. The second-order valence-corrected chi connectivity index (χ2v) is 5.40. The molecule has 0 spiro atoms. The molecule has 4 nitrogen and oxygen atoms in total. The Labute approximate surface area is 113 Å². The zero-order valence-electron chi connectivity index (χ0n) is 11.1. The minimum Gasteiger partial charge on any atom is -0.376 e. The van der Waals surface area contributed by atoms with E-state index in [-0.39, 0.29) is 18.1 Å². The van der Waals surface area contributed by atoms with Gasteiger partial charge >= 0.3 is 0 Å². The van der Waals surface area contributed by atoms with Gasteiger partial charge in [-0.15, -0.1) is 0 Å². The maximum Gasteiger partial charge on any atom is 0.278 e. The quantitative estimate of drug-likeness (QED) is 0.803. The van der Waals surface area contributed by atoms with Crippen molar-refractivity contribution in [1.29, 1.82) is 0 Å². The highest BCUT2D eigenvalue weighted by Crippen LogP contribution is 2.13. The van der Waals surface area contributed by atoms with E-state index in [2.05, 4.69) is 28.8 Å². The zero-order chi connectivity index (χ0) is 13.1. The van der Waals surface area contributed by atoms with Crippen molar-refractivity contribution in [2.45, 2.75) is 38.0 Å². The zero-order valence-corrected chi connectivity index (χ0v) is 11.1. The number of benzene rings is 1. The first-order chi connectivity index (χ1) is 9.33. The Bertz CT molecular complexity index is 455. The molecule has 1 aromatic rings. The van der Waals surface area contributed by atoms with Gasteiger partial charge in [0, 0.05) is 25.1 Å². The van der Waals surface area contributed by atoms with Gasteiger partial charge in [0.15, 0.2) is 6.04 Å². The largest absolute Gasteiger partial charge is 0.376 e. The summed E-state index contributed by atoms with van der Waals surface area (Å²) >= 11 is 0. The number of ether oxygens (including phenoxy) is 1. The summed E-state index contributed by atoms with van der Waals surface area (Å²) in [7, 11) is 0. The molecule has 0 unspecified atom stereocenters. The van der Waals surface area contributed by atoms with Crippen LogP contribution in [-0.2, 0) is 22.5 Å². The maximum absolute atomic E-state index is 12.2. The lowest BCUT2D eigenvalue weighted by molar-refractivity contribution is -0.695. The van der Waals surface area contributed by atoms with Gasteiger partial charge in [-0.25, -0.2) is 0 Å². The van der Waals surface area contributed by atoms with Gasteiger partial charge in [-0.2, -0.15) is 0 Å². The summed E-state index contributed by atoms with van der Waals surface area (Å²) in [6.07, 6.45) is 3.23. The molecule has 19 heavy (non-hydrogen) atoms. The molecule has 1 amide bonds. The number of fused-ring (bicyclic) bond motifs is 1. The lowest BCUT2D eigenvalue weighted by atomic mass is 9.95. The molecular formula is C15H21N2O2+. The van der Waals surface area contributed by atoms with Gasteiger partial charge in [-0.05, 0) is 18.4 Å². The third kappa shape index (κ3) is 2.96. The van der Waals surface area contributed by atoms with Gasteiger partial charge in [-0.3, -0.25) is 4.79 Å². The van der Waals surface area contributed by atoms with E-state index in [4.69, 9.17) is 4.74 Å². The molecule has 3 N–H and O–H groups in total. The minimum absolute atomic E-state index is 0.0105. The molecule has 2 aliphatic rings. The number of nitrogens with two attached hydrogens (primary N) is 1. The number of hydrogen-bond donors (Lipinski definition) is 2. The molecule has 1 fully saturated rings. The Hall–Kier alpha value is -1.39. The highest BCUT2D eigenvalue weighted by atomic mass is 16.5. The van der Waals surface area contributed by atoms with Crippen molar-refractivity contribution in [1.82, 2.24) is 5.32 Å². The topological polar surface area (TPSA) is 54.9 Å². The van der Waals surface area contributed by atoms with Crippen LogP contribution in [0, 0.1) is 0 Å². The molecule has 1 saturated heterocycles. The number of carbonyl (C=O) groups excluding carboxylic acids is 1. The molecule has 0 bridgehead atoms. The number of nitrogens with one attached hydrogen (secondary N) is 1. The van der Waals surface area contributed by atoms with E-state index in [1.807, 2.05) is 6.07 Å². The molecule has 4 heteroatoms. The van der Waals surface area contributed by atoms with Crippen LogP contribution < -0.4 is 10.6 Å². The second kappa shape index (κ2) is 5.72. The average molecular weight is 261 g/mol. The third-order valence-corrected chi connectivity index (χ3v) is 4.05. The van der Waals surface area contributed by atoms with Gasteiger partial charge < -0.3 is 15.4 Å². The monoisotopic (exact) mass is 261 g/mol. The van der Waals surface area contributed by atoms with Gasteiger partial charge in [0.2, 0.25) is 0 Å². The van der Waals surface area contributed by atoms with Crippen molar-refractivity contribution in [3.63, 3.8) is 0 Å². The highest BCUT2D eigenvalue weighted by Gasteiger charge is 2.28. The van der Waals surface area contributed by atoms with Crippen LogP contribution in [-0.4, -0.2) is 31.2 Å². The van der Waals surface area contributed by atoms with Crippen LogP contribution in [0.25, 0.3) is 0 Å².